The van der Waals surface area contributed by atoms with Crippen molar-refractivity contribution in [3.05, 3.63) is 84.6 Å². The van der Waals surface area contributed by atoms with E-state index in [-0.39, 0.29) is 19.1 Å². The molecule has 0 saturated carbocycles. The summed E-state index contributed by atoms with van der Waals surface area (Å²) in [6.45, 7) is 1.23. The average molecular weight is 526 g/mol. The standard InChI is InChI=1S/C29H27N5O3S/c35-15-14-31-28(36)29(11-16-37-17-12-29)21-4-3-5-22(19-21)38-23-8-9-25-20(18-23)7-10-26-32-33-27(34(25)26)24-6-1-2-13-30-24/h1-10,13,18-19,35H,11-12,14-17H2,(H,31,36). The van der Waals surface area contributed by atoms with Gasteiger partial charge in [-0.05, 0) is 78.4 Å². The van der Waals surface area contributed by atoms with Crippen LogP contribution in [-0.2, 0) is 14.9 Å². The predicted octanol–water partition coefficient (Wildman–Crippen LogP) is 4.25. The van der Waals surface area contributed by atoms with E-state index < -0.39 is 5.41 Å². The largest absolute Gasteiger partial charge is 0.395 e. The molecular formula is C29H27N5O3S. The lowest BCUT2D eigenvalue weighted by molar-refractivity contribution is -0.130. The molecule has 0 atom stereocenters. The number of ether oxygens (including phenoxy) is 1. The van der Waals surface area contributed by atoms with E-state index in [2.05, 4.69) is 56.9 Å². The van der Waals surface area contributed by atoms with Crippen LogP contribution in [0.2, 0.25) is 0 Å². The maximum Gasteiger partial charge on any atom is 0.230 e. The Labute approximate surface area is 224 Å². The van der Waals surface area contributed by atoms with E-state index in [1.54, 1.807) is 18.0 Å². The molecule has 2 N–H and O–H groups in total. The van der Waals surface area contributed by atoms with Crippen LogP contribution in [-0.4, -0.2) is 57.0 Å². The number of pyridine rings is 2. The molecule has 1 amide bonds. The minimum atomic E-state index is -0.657. The number of carbonyl (C=O) groups is 1. The fourth-order valence-electron chi connectivity index (χ4n) is 5.10. The van der Waals surface area contributed by atoms with Crippen LogP contribution in [0.1, 0.15) is 18.4 Å². The van der Waals surface area contributed by atoms with Crippen LogP contribution in [0.15, 0.2) is 88.8 Å². The topological polar surface area (TPSA) is 102 Å². The van der Waals surface area contributed by atoms with E-state index in [1.165, 1.54) is 0 Å². The Morgan fingerprint density at radius 1 is 1.00 bits per heavy atom. The molecule has 8 nitrogen and oxygen atoms in total. The zero-order chi connectivity index (χ0) is 26.0. The van der Waals surface area contributed by atoms with E-state index in [4.69, 9.17) is 4.74 Å². The summed E-state index contributed by atoms with van der Waals surface area (Å²) in [5, 5.41) is 21.9. The number of amides is 1. The van der Waals surface area contributed by atoms with Crippen LogP contribution in [0.4, 0.5) is 0 Å². The summed E-state index contributed by atoms with van der Waals surface area (Å²) in [6.07, 6.45) is 2.98. The van der Waals surface area contributed by atoms with Crippen molar-refractivity contribution in [2.45, 2.75) is 28.0 Å². The highest BCUT2D eigenvalue weighted by molar-refractivity contribution is 7.99. The summed E-state index contributed by atoms with van der Waals surface area (Å²) in [4.78, 5) is 19.8. The lowest BCUT2D eigenvalue weighted by Gasteiger charge is -2.36. The Morgan fingerprint density at radius 3 is 2.68 bits per heavy atom. The van der Waals surface area contributed by atoms with Crippen LogP contribution in [0.5, 0.6) is 0 Å². The maximum atomic E-state index is 13.2. The van der Waals surface area contributed by atoms with Gasteiger partial charge in [0.1, 0.15) is 5.69 Å². The fourth-order valence-corrected chi connectivity index (χ4v) is 6.03. The van der Waals surface area contributed by atoms with E-state index in [0.29, 0.717) is 31.9 Å². The summed E-state index contributed by atoms with van der Waals surface area (Å²) in [5.41, 5.74) is 2.87. The van der Waals surface area contributed by atoms with Crippen molar-refractivity contribution in [2.75, 3.05) is 26.4 Å². The van der Waals surface area contributed by atoms with E-state index in [1.807, 2.05) is 40.8 Å². The minimum Gasteiger partial charge on any atom is -0.395 e. The number of nitrogens with one attached hydrogen (secondary N) is 1. The number of aliphatic hydroxyl groups excluding tert-OH is 1. The van der Waals surface area contributed by atoms with Crippen LogP contribution >= 0.6 is 11.8 Å². The molecule has 5 aromatic rings. The number of aliphatic hydroxyl groups is 1. The van der Waals surface area contributed by atoms with Gasteiger partial charge in [0.2, 0.25) is 5.91 Å². The van der Waals surface area contributed by atoms with Crippen LogP contribution < -0.4 is 5.32 Å². The first-order chi connectivity index (χ1) is 18.7. The number of nitrogens with zero attached hydrogens (tertiary/aromatic N) is 4. The fraction of sp³-hybridized carbons (Fsp3) is 0.241. The molecule has 6 rings (SSSR count). The van der Waals surface area contributed by atoms with Gasteiger partial charge in [-0.1, -0.05) is 30.0 Å². The van der Waals surface area contributed by atoms with Crippen molar-refractivity contribution in [1.29, 1.82) is 0 Å². The molecule has 192 valence electrons. The summed E-state index contributed by atoms with van der Waals surface area (Å²) in [5.74, 6) is 0.657. The quantitative estimate of drug-likeness (QED) is 0.328. The van der Waals surface area contributed by atoms with Crippen molar-refractivity contribution in [3.63, 3.8) is 0 Å². The number of benzene rings is 2. The van der Waals surface area contributed by atoms with Crippen molar-refractivity contribution >= 4 is 34.2 Å². The lowest BCUT2D eigenvalue weighted by atomic mass is 9.73. The van der Waals surface area contributed by atoms with E-state index in [0.717, 1.165) is 37.6 Å². The third kappa shape index (κ3) is 4.53. The Morgan fingerprint density at radius 2 is 1.87 bits per heavy atom. The van der Waals surface area contributed by atoms with E-state index >= 15 is 0 Å². The average Bonchev–Trinajstić information content (AvgIpc) is 3.41. The molecule has 4 heterocycles. The van der Waals surface area contributed by atoms with Crippen LogP contribution in [0.3, 0.4) is 0 Å². The molecule has 0 spiro atoms. The highest BCUT2D eigenvalue weighted by Gasteiger charge is 2.41. The number of hydrogen-bond donors (Lipinski definition) is 2. The SMILES string of the molecule is O=C(NCCO)C1(c2cccc(Sc3ccc4c(ccc5nnc(-c6ccccn6)n54)c3)c2)CCOCC1. The summed E-state index contributed by atoms with van der Waals surface area (Å²) in [6, 6.07) is 24.3. The first kappa shape index (κ1) is 24.5. The van der Waals surface area contributed by atoms with E-state index in [9.17, 15) is 9.90 Å². The molecule has 2 aromatic carbocycles. The predicted molar refractivity (Wildman–Crippen MR) is 146 cm³/mol. The highest BCUT2D eigenvalue weighted by atomic mass is 32.2. The lowest BCUT2D eigenvalue weighted by Crippen LogP contribution is -2.48. The second-order valence-electron chi connectivity index (χ2n) is 9.29. The summed E-state index contributed by atoms with van der Waals surface area (Å²) in [7, 11) is 0. The molecule has 0 aliphatic carbocycles. The van der Waals surface area contributed by atoms with Gasteiger partial charge in [-0.2, -0.15) is 0 Å². The minimum absolute atomic E-state index is 0.0515. The molecule has 0 radical (unpaired) electrons. The smallest absolute Gasteiger partial charge is 0.230 e. The maximum absolute atomic E-state index is 13.2. The monoisotopic (exact) mass is 525 g/mol. The van der Waals surface area contributed by atoms with Crippen LogP contribution in [0, 0.1) is 0 Å². The molecule has 1 saturated heterocycles. The number of aromatic nitrogens is 4. The van der Waals surface area contributed by atoms with Gasteiger partial charge < -0.3 is 15.2 Å². The Balaban J connectivity index is 1.33. The molecule has 0 bridgehead atoms. The zero-order valence-corrected chi connectivity index (χ0v) is 21.5. The van der Waals surface area contributed by atoms with Crippen molar-refractivity contribution in [3.8, 4) is 11.5 Å². The normalized spacial score (nSPS) is 15.1. The Bertz CT molecular complexity index is 1600. The van der Waals surface area contributed by atoms with Crippen molar-refractivity contribution < 1.29 is 14.6 Å². The second-order valence-corrected chi connectivity index (χ2v) is 10.4. The number of carbonyl (C=O) groups excluding carboxylic acids is 1. The van der Waals surface area contributed by atoms with Crippen molar-refractivity contribution in [2.24, 2.45) is 0 Å². The number of hydrogen-bond acceptors (Lipinski definition) is 7. The molecule has 38 heavy (non-hydrogen) atoms. The number of fused-ring (bicyclic) bond motifs is 3. The molecular weight excluding hydrogens is 498 g/mol. The first-order valence-electron chi connectivity index (χ1n) is 12.6. The van der Waals surface area contributed by atoms with Gasteiger partial charge in [-0.3, -0.25) is 14.2 Å². The third-order valence-corrected chi connectivity index (χ3v) is 8.01. The zero-order valence-electron chi connectivity index (χ0n) is 20.7. The molecule has 0 unspecified atom stereocenters. The molecule has 1 aliphatic heterocycles. The molecule has 3 aromatic heterocycles. The van der Waals surface area contributed by atoms with Gasteiger partial charge in [0.05, 0.1) is 17.5 Å². The van der Waals surface area contributed by atoms with Crippen LogP contribution in [0.25, 0.3) is 28.1 Å². The van der Waals surface area contributed by atoms with Gasteiger partial charge in [0, 0.05) is 35.7 Å². The Hall–Kier alpha value is -3.79. The summed E-state index contributed by atoms with van der Waals surface area (Å²) < 4.78 is 7.61. The molecule has 1 aliphatic rings. The highest BCUT2D eigenvalue weighted by Crippen LogP contribution is 2.38. The van der Waals surface area contributed by atoms with Crippen molar-refractivity contribution in [1.82, 2.24) is 24.9 Å². The Kier molecular flexibility index (Phi) is 6.80. The number of rotatable bonds is 7. The van der Waals surface area contributed by atoms with Gasteiger partial charge in [-0.15, -0.1) is 10.2 Å². The summed E-state index contributed by atoms with van der Waals surface area (Å²) >= 11 is 1.66. The van der Waals surface area contributed by atoms with Gasteiger partial charge in [0.15, 0.2) is 11.5 Å². The molecule has 9 heteroatoms. The van der Waals surface area contributed by atoms with Gasteiger partial charge in [-0.25, -0.2) is 0 Å². The van der Waals surface area contributed by atoms with Gasteiger partial charge in [0.25, 0.3) is 0 Å². The second kappa shape index (κ2) is 10.5. The molecule has 1 fully saturated rings. The van der Waals surface area contributed by atoms with Gasteiger partial charge >= 0.3 is 0 Å². The first-order valence-corrected chi connectivity index (χ1v) is 13.4. The third-order valence-electron chi connectivity index (χ3n) is 7.03.